The molecule has 24 heavy (non-hydrogen) atoms. The van der Waals surface area contributed by atoms with Crippen LogP contribution in [0.5, 0.6) is 0 Å². The van der Waals surface area contributed by atoms with Crippen LogP contribution in [0.4, 0.5) is 5.69 Å². The van der Waals surface area contributed by atoms with Crippen LogP contribution >= 0.6 is 0 Å². The molecule has 0 aliphatic rings. The summed E-state index contributed by atoms with van der Waals surface area (Å²) in [6, 6.07) is 5.92. The van der Waals surface area contributed by atoms with Crippen molar-refractivity contribution >= 4 is 11.7 Å². The number of hydrogen-bond donors (Lipinski definition) is 1. The maximum atomic E-state index is 11.7. The Balaban J connectivity index is 2.33. The molecule has 10 nitrogen and oxygen atoms in total. The van der Waals surface area contributed by atoms with Crippen LogP contribution in [0, 0.1) is 10.1 Å². The number of benzene rings is 1. The molecular formula is C14H19N6O4+. The van der Waals surface area contributed by atoms with Gasteiger partial charge in [0, 0.05) is 17.7 Å². The molecule has 0 bridgehead atoms. The molecule has 1 heterocycles. The minimum atomic E-state index is -0.452. The summed E-state index contributed by atoms with van der Waals surface area (Å²) in [5.74, 6) is 0.0548. The zero-order valence-corrected chi connectivity index (χ0v) is 13.7. The Hall–Kier alpha value is -2.88. The van der Waals surface area contributed by atoms with E-state index in [4.69, 9.17) is 4.74 Å². The Labute approximate surface area is 138 Å². The van der Waals surface area contributed by atoms with Gasteiger partial charge in [-0.25, -0.2) is 4.68 Å². The normalized spacial score (nSPS) is 12.2. The molecule has 0 fully saturated rings. The van der Waals surface area contributed by atoms with Gasteiger partial charge in [-0.05, 0) is 29.5 Å². The van der Waals surface area contributed by atoms with Crippen molar-refractivity contribution in [1.29, 1.82) is 0 Å². The molecule has 0 radical (unpaired) electrons. The molecule has 2 rings (SSSR count). The number of aromatic nitrogens is 4. The summed E-state index contributed by atoms with van der Waals surface area (Å²) in [7, 11) is 3.82. The van der Waals surface area contributed by atoms with E-state index < -0.39 is 10.9 Å². The lowest BCUT2D eigenvalue weighted by atomic mass is 10.0. The fraction of sp³-hybridized carbons (Fsp3) is 0.429. The van der Waals surface area contributed by atoms with E-state index in [0.717, 1.165) is 10.5 Å². The van der Waals surface area contributed by atoms with Crippen molar-refractivity contribution in [3.63, 3.8) is 0 Å². The van der Waals surface area contributed by atoms with Crippen LogP contribution in [0.2, 0.25) is 0 Å². The fourth-order valence-electron chi connectivity index (χ4n) is 2.39. The number of ether oxygens (including phenoxy) is 1. The maximum Gasteiger partial charge on any atom is 0.327 e. The van der Waals surface area contributed by atoms with Crippen LogP contribution in [-0.2, 0) is 16.1 Å². The minimum absolute atomic E-state index is 0.0115. The van der Waals surface area contributed by atoms with Gasteiger partial charge in [0.25, 0.3) is 5.69 Å². The van der Waals surface area contributed by atoms with Crippen molar-refractivity contribution in [3.8, 4) is 0 Å². The summed E-state index contributed by atoms with van der Waals surface area (Å²) < 4.78 is 6.31. The molecule has 128 valence electrons. The number of esters is 1. The van der Waals surface area contributed by atoms with Gasteiger partial charge in [-0.3, -0.25) is 14.9 Å². The van der Waals surface area contributed by atoms with Crippen LogP contribution < -0.4 is 4.90 Å². The number of tetrazole rings is 1. The van der Waals surface area contributed by atoms with Crippen LogP contribution in [0.3, 0.4) is 0 Å². The van der Waals surface area contributed by atoms with Crippen molar-refractivity contribution in [2.24, 2.45) is 0 Å². The lowest BCUT2D eigenvalue weighted by Crippen LogP contribution is -3.06. The second-order valence-electron chi connectivity index (χ2n) is 5.36. The third-order valence-electron chi connectivity index (χ3n) is 3.42. The minimum Gasteiger partial charge on any atom is -0.465 e. The molecule has 10 heteroatoms. The number of hydrogen-bond acceptors (Lipinski definition) is 7. The van der Waals surface area contributed by atoms with Crippen molar-refractivity contribution < 1.29 is 19.4 Å². The summed E-state index contributed by atoms with van der Waals surface area (Å²) in [5, 5.41) is 22.3. The Morgan fingerprint density at radius 3 is 2.58 bits per heavy atom. The van der Waals surface area contributed by atoms with E-state index in [9.17, 15) is 14.9 Å². The van der Waals surface area contributed by atoms with Crippen LogP contribution in [0.1, 0.15) is 24.4 Å². The Morgan fingerprint density at radius 2 is 2.04 bits per heavy atom. The molecule has 1 atom stereocenters. The SMILES string of the molecule is CCOC(=O)Cn1nnnc1C(c1ccc([N+](=O)[O-])cc1)[NH+](C)C. The number of nitro groups is 1. The van der Waals surface area contributed by atoms with Crippen molar-refractivity contribution in [1.82, 2.24) is 20.2 Å². The van der Waals surface area contributed by atoms with Gasteiger partial charge in [-0.15, -0.1) is 5.10 Å². The third kappa shape index (κ3) is 3.90. The zero-order chi connectivity index (χ0) is 17.7. The highest BCUT2D eigenvalue weighted by Gasteiger charge is 2.28. The first-order valence-electron chi connectivity index (χ1n) is 7.40. The Morgan fingerprint density at radius 1 is 1.38 bits per heavy atom. The van der Waals surface area contributed by atoms with Crippen molar-refractivity contribution in [2.45, 2.75) is 19.5 Å². The summed E-state index contributed by atoms with van der Waals surface area (Å²) >= 11 is 0. The highest BCUT2D eigenvalue weighted by molar-refractivity contribution is 5.69. The number of non-ortho nitro benzene ring substituents is 1. The van der Waals surface area contributed by atoms with Crippen molar-refractivity contribution in [2.75, 3.05) is 20.7 Å². The predicted octanol–water partition coefficient (Wildman–Crippen LogP) is -0.622. The number of carbonyl (C=O) groups is 1. The summed E-state index contributed by atoms with van der Waals surface area (Å²) in [5.41, 5.74) is 0.817. The predicted molar refractivity (Wildman–Crippen MR) is 82.2 cm³/mol. The number of rotatable bonds is 7. The quantitative estimate of drug-likeness (QED) is 0.407. The number of quaternary nitrogens is 1. The monoisotopic (exact) mass is 335 g/mol. The van der Waals surface area contributed by atoms with E-state index in [-0.39, 0.29) is 24.9 Å². The van der Waals surface area contributed by atoms with E-state index in [0.29, 0.717) is 5.82 Å². The molecule has 1 N–H and O–H groups in total. The van der Waals surface area contributed by atoms with Gasteiger partial charge in [0.15, 0.2) is 6.04 Å². The fourth-order valence-corrected chi connectivity index (χ4v) is 2.39. The molecule has 0 aliphatic heterocycles. The van der Waals surface area contributed by atoms with Gasteiger partial charge in [0.2, 0.25) is 5.82 Å². The zero-order valence-electron chi connectivity index (χ0n) is 13.7. The summed E-state index contributed by atoms with van der Waals surface area (Å²) in [4.78, 5) is 23.0. The molecule has 1 aromatic carbocycles. The second kappa shape index (κ2) is 7.59. The number of carbonyl (C=O) groups excluding carboxylic acids is 1. The van der Waals surface area contributed by atoms with Gasteiger partial charge in [0.1, 0.15) is 6.54 Å². The first-order chi connectivity index (χ1) is 11.4. The maximum absolute atomic E-state index is 11.7. The first kappa shape index (κ1) is 17.5. The summed E-state index contributed by atoms with van der Waals surface area (Å²) in [6.45, 7) is 1.91. The highest BCUT2D eigenvalue weighted by Crippen LogP contribution is 2.20. The molecule has 1 aromatic heterocycles. The second-order valence-corrected chi connectivity index (χ2v) is 5.36. The molecule has 2 aromatic rings. The van der Waals surface area contributed by atoms with E-state index in [2.05, 4.69) is 15.5 Å². The average molecular weight is 335 g/mol. The van der Waals surface area contributed by atoms with E-state index in [1.165, 1.54) is 16.8 Å². The van der Waals surface area contributed by atoms with Crippen LogP contribution in [-0.4, -0.2) is 51.8 Å². The number of nitrogens with zero attached hydrogens (tertiary/aromatic N) is 5. The molecule has 0 saturated carbocycles. The van der Waals surface area contributed by atoms with E-state index in [1.807, 2.05) is 14.1 Å². The van der Waals surface area contributed by atoms with Crippen molar-refractivity contribution in [3.05, 3.63) is 45.8 Å². The molecule has 0 spiro atoms. The van der Waals surface area contributed by atoms with Gasteiger partial charge in [-0.1, -0.05) is 0 Å². The molecule has 0 aliphatic carbocycles. The molecule has 1 unspecified atom stereocenters. The van der Waals surface area contributed by atoms with Crippen LogP contribution in [0.15, 0.2) is 24.3 Å². The van der Waals surface area contributed by atoms with Gasteiger partial charge in [0.05, 0.1) is 25.6 Å². The van der Waals surface area contributed by atoms with Gasteiger partial charge >= 0.3 is 5.97 Å². The first-order valence-corrected chi connectivity index (χ1v) is 7.40. The molecule has 0 saturated heterocycles. The van der Waals surface area contributed by atoms with E-state index >= 15 is 0 Å². The average Bonchev–Trinajstić information content (AvgIpc) is 2.95. The van der Waals surface area contributed by atoms with Gasteiger partial charge < -0.3 is 9.64 Å². The lowest BCUT2D eigenvalue weighted by molar-refractivity contribution is -0.886. The largest absolute Gasteiger partial charge is 0.465 e. The van der Waals surface area contributed by atoms with Crippen LogP contribution in [0.25, 0.3) is 0 Å². The standard InChI is InChI=1S/C14H18N6O4/c1-4-24-12(21)9-19-14(15-16-17-19)13(18(2)3)10-5-7-11(8-6-10)20(22)23/h5-8,13H,4,9H2,1-3H3/p+1. The topological polar surface area (TPSA) is 117 Å². The van der Waals surface area contributed by atoms with E-state index in [1.54, 1.807) is 19.1 Å². The Bertz CT molecular complexity index is 712. The lowest BCUT2D eigenvalue weighted by Gasteiger charge is -2.20. The molecular weight excluding hydrogens is 316 g/mol. The highest BCUT2D eigenvalue weighted by atomic mass is 16.6. The summed E-state index contributed by atoms with van der Waals surface area (Å²) in [6.07, 6.45) is 0. The molecule has 0 amide bonds. The third-order valence-corrected chi connectivity index (χ3v) is 3.42. The Kier molecular flexibility index (Phi) is 5.53. The smallest absolute Gasteiger partial charge is 0.327 e. The number of nitro benzene ring substituents is 1. The number of nitrogens with one attached hydrogen (secondary N) is 1. The van der Waals surface area contributed by atoms with Gasteiger partial charge in [-0.2, -0.15) is 0 Å².